The Hall–Kier alpha value is -3.07. The van der Waals surface area contributed by atoms with E-state index in [9.17, 15) is 14.9 Å². The molecule has 2 N–H and O–H groups in total. The average molecular weight is 337 g/mol. The summed E-state index contributed by atoms with van der Waals surface area (Å²) in [5.74, 6) is -1.32. The number of carboxylic acids is 1. The fourth-order valence-electron chi connectivity index (χ4n) is 3.30. The molecule has 1 aromatic carbocycles. The zero-order valence-electron chi connectivity index (χ0n) is 13.7. The van der Waals surface area contributed by atoms with E-state index in [0.29, 0.717) is 5.56 Å². The molecule has 3 rings (SSSR count). The van der Waals surface area contributed by atoms with Crippen molar-refractivity contribution in [1.29, 1.82) is 5.26 Å². The van der Waals surface area contributed by atoms with Gasteiger partial charge in [-0.15, -0.1) is 0 Å². The van der Waals surface area contributed by atoms with Crippen LogP contribution in [0.2, 0.25) is 0 Å². The monoisotopic (exact) mass is 337 g/mol. The van der Waals surface area contributed by atoms with Crippen molar-refractivity contribution in [2.24, 2.45) is 0 Å². The van der Waals surface area contributed by atoms with Gasteiger partial charge in [-0.05, 0) is 25.0 Å². The summed E-state index contributed by atoms with van der Waals surface area (Å²) in [7, 11) is 0. The Morgan fingerprint density at radius 2 is 2.04 bits per heavy atom. The number of amides is 1. The molecular weight excluding hydrogens is 318 g/mol. The van der Waals surface area contributed by atoms with Gasteiger partial charge >= 0.3 is 5.97 Å². The van der Waals surface area contributed by atoms with Crippen molar-refractivity contribution in [3.63, 3.8) is 0 Å². The van der Waals surface area contributed by atoms with Gasteiger partial charge in [0.05, 0.1) is 0 Å². The molecule has 25 heavy (non-hydrogen) atoms. The lowest BCUT2D eigenvalue weighted by Gasteiger charge is -2.10. The molecule has 1 aromatic heterocycles. The number of carboxylic acid groups (broad SMARTS) is 1. The quantitative estimate of drug-likeness (QED) is 0.648. The molecule has 0 radical (unpaired) electrons. The highest BCUT2D eigenvalue weighted by atomic mass is 16.4. The molecule has 0 unspecified atom stereocenters. The van der Waals surface area contributed by atoms with Gasteiger partial charge in [-0.25, -0.2) is 0 Å². The number of nitrogens with one attached hydrogen (secondary N) is 1. The van der Waals surface area contributed by atoms with Crippen LogP contribution >= 0.6 is 0 Å². The number of hydrogen-bond donors (Lipinski definition) is 2. The second-order valence-corrected chi connectivity index (χ2v) is 6.25. The average Bonchev–Trinajstić information content (AvgIpc) is 3.21. The van der Waals surface area contributed by atoms with E-state index in [4.69, 9.17) is 5.11 Å². The largest absolute Gasteiger partial charge is 0.480 e. The molecule has 0 saturated heterocycles. The van der Waals surface area contributed by atoms with Gasteiger partial charge in [-0.2, -0.15) is 5.26 Å². The number of para-hydroxylation sites is 1. The van der Waals surface area contributed by atoms with Gasteiger partial charge in [0.25, 0.3) is 5.91 Å². The topological polar surface area (TPSA) is 95.1 Å². The Morgan fingerprint density at radius 3 is 2.72 bits per heavy atom. The molecular formula is C19H19N3O3. The zero-order valence-corrected chi connectivity index (χ0v) is 13.7. The number of rotatable bonds is 5. The lowest BCUT2D eigenvalue weighted by Crippen LogP contribution is -2.33. The minimum Gasteiger partial charge on any atom is -0.480 e. The second kappa shape index (κ2) is 7.22. The van der Waals surface area contributed by atoms with Crippen LogP contribution in [0.5, 0.6) is 0 Å². The first kappa shape index (κ1) is 16.8. The highest BCUT2D eigenvalue weighted by molar-refractivity contribution is 6.04. The molecule has 1 heterocycles. The van der Waals surface area contributed by atoms with Crippen molar-refractivity contribution in [1.82, 2.24) is 9.88 Å². The van der Waals surface area contributed by atoms with Crippen LogP contribution in [0, 0.1) is 11.3 Å². The Bertz CT molecular complexity index is 883. The Balaban J connectivity index is 1.93. The highest BCUT2D eigenvalue weighted by Gasteiger charge is 2.20. The van der Waals surface area contributed by atoms with Gasteiger partial charge in [-0.1, -0.05) is 31.0 Å². The third-order valence-electron chi connectivity index (χ3n) is 4.48. The number of aliphatic carboxylic acids is 1. The zero-order chi connectivity index (χ0) is 17.8. The van der Waals surface area contributed by atoms with E-state index in [1.165, 1.54) is 6.08 Å². The number of carbonyl (C=O) groups is 2. The summed E-state index contributed by atoms with van der Waals surface area (Å²) in [6.07, 6.45) is 7.28. The maximum atomic E-state index is 12.4. The van der Waals surface area contributed by atoms with Gasteiger partial charge in [-0.3, -0.25) is 9.59 Å². The summed E-state index contributed by atoms with van der Waals surface area (Å²) >= 11 is 0. The predicted molar refractivity (Wildman–Crippen MR) is 93.6 cm³/mol. The summed E-state index contributed by atoms with van der Waals surface area (Å²) in [5.41, 5.74) is 1.45. The maximum Gasteiger partial charge on any atom is 0.323 e. The Kier molecular flexibility index (Phi) is 4.85. The number of fused-ring (bicyclic) bond motifs is 1. The van der Waals surface area contributed by atoms with E-state index < -0.39 is 5.97 Å². The number of nitriles is 1. The van der Waals surface area contributed by atoms with E-state index in [0.717, 1.165) is 36.6 Å². The molecule has 1 aliphatic rings. The molecule has 6 nitrogen and oxygen atoms in total. The van der Waals surface area contributed by atoms with Crippen LogP contribution in [0.1, 0.15) is 31.2 Å². The van der Waals surface area contributed by atoms with Crippen molar-refractivity contribution in [2.45, 2.75) is 38.3 Å². The van der Waals surface area contributed by atoms with Crippen molar-refractivity contribution >= 4 is 28.9 Å². The number of hydrogen-bond acceptors (Lipinski definition) is 3. The van der Waals surface area contributed by atoms with Crippen LogP contribution in [-0.4, -0.2) is 27.6 Å². The third kappa shape index (κ3) is 3.72. The third-order valence-corrected chi connectivity index (χ3v) is 4.48. The molecule has 1 amide bonds. The van der Waals surface area contributed by atoms with E-state index in [1.54, 1.807) is 10.8 Å². The number of benzene rings is 1. The summed E-state index contributed by atoms with van der Waals surface area (Å²) < 4.78 is 1.60. The van der Waals surface area contributed by atoms with Gasteiger partial charge in [0.15, 0.2) is 0 Å². The Labute approximate surface area is 145 Å². The maximum absolute atomic E-state index is 12.4. The molecule has 0 aliphatic heterocycles. The number of aromatic nitrogens is 1. The summed E-state index contributed by atoms with van der Waals surface area (Å²) in [5, 5.41) is 22.2. The lowest BCUT2D eigenvalue weighted by molar-refractivity contribution is -0.137. The van der Waals surface area contributed by atoms with Crippen molar-refractivity contribution in [2.75, 3.05) is 0 Å². The normalized spacial score (nSPS) is 15.2. The van der Waals surface area contributed by atoms with E-state index in [-0.39, 0.29) is 24.1 Å². The van der Waals surface area contributed by atoms with Crippen LogP contribution in [-0.2, 0) is 16.1 Å². The molecule has 0 atom stereocenters. The molecule has 0 spiro atoms. The van der Waals surface area contributed by atoms with Crippen molar-refractivity contribution in [3.8, 4) is 6.07 Å². The Morgan fingerprint density at radius 1 is 1.32 bits per heavy atom. The van der Waals surface area contributed by atoms with Crippen LogP contribution in [0.3, 0.4) is 0 Å². The first-order chi connectivity index (χ1) is 12.1. The van der Waals surface area contributed by atoms with Gasteiger partial charge in [0.1, 0.15) is 18.2 Å². The smallest absolute Gasteiger partial charge is 0.323 e. The van der Waals surface area contributed by atoms with E-state index in [1.807, 2.05) is 30.3 Å². The minimum absolute atomic E-state index is 0.0325. The van der Waals surface area contributed by atoms with Crippen LogP contribution in [0.25, 0.3) is 17.0 Å². The van der Waals surface area contributed by atoms with Crippen LogP contribution < -0.4 is 5.32 Å². The van der Waals surface area contributed by atoms with Crippen LogP contribution in [0.4, 0.5) is 0 Å². The predicted octanol–water partition coefficient (Wildman–Crippen LogP) is 2.69. The fourth-order valence-corrected chi connectivity index (χ4v) is 3.30. The minimum atomic E-state index is -0.948. The van der Waals surface area contributed by atoms with Crippen molar-refractivity contribution < 1.29 is 14.7 Å². The lowest BCUT2D eigenvalue weighted by atomic mass is 10.1. The first-order valence-electron chi connectivity index (χ1n) is 8.31. The van der Waals surface area contributed by atoms with Crippen LogP contribution in [0.15, 0.2) is 36.0 Å². The summed E-state index contributed by atoms with van der Waals surface area (Å²) in [6.45, 7) is -0.176. The SMILES string of the molecule is N#C/C(=C/c1cn(CC(=O)O)c2ccccc12)C(=O)NC1CCCC1. The summed E-state index contributed by atoms with van der Waals surface area (Å²) in [4.78, 5) is 23.4. The van der Waals surface area contributed by atoms with Crippen molar-refractivity contribution in [3.05, 3.63) is 41.6 Å². The summed E-state index contributed by atoms with van der Waals surface area (Å²) in [6, 6.07) is 9.44. The van der Waals surface area contributed by atoms with Gasteiger partial charge in [0, 0.05) is 28.7 Å². The molecule has 6 heteroatoms. The van der Waals surface area contributed by atoms with E-state index in [2.05, 4.69) is 5.32 Å². The highest BCUT2D eigenvalue weighted by Crippen LogP contribution is 2.24. The number of carbonyl (C=O) groups excluding carboxylic acids is 1. The molecule has 1 aliphatic carbocycles. The molecule has 2 aromatic rings. The van der Waals surface area contributed by atoms with Gasteiger partial charge < -0.3 is 15.0 Å². The second-order valence-electron chi connectivity index (χ2n) is 6.25. The van der Waals surface area contributed by atoms with Gasteiger partial charge in [0.2, 0.25) is 0 Å². The number of nitrogens with zero attached hydrogens (tertiary/aromatic N) is 2. The van der Waals surface area contributed by atoms with E-state index >= 15 is 0 Å². The first-order valence-corrected chi connectivity index (χ1v) is 8.31. The molecule has 1 saturated carbocycles. The fraction of sp³-hybridized carbons (Fsp3) is 0.316. The standard InChI is InChI=1S/C19H19N3O3/c20-10-13(19(25)21-15-5-1-2-6-15)9-14-11-22(12-18(23)24)17-8-4-3-7-16(14)17/h3-4,7-9,11,15H,1-2,5-6,12H2,(H,21,25)(H,23,24)/b13-9-. The molecule has 1 fully saturated rings. The molecule has 0 bridgehead atoms. The molecule has 128 valence electrons.